The molecule has 0 atom stereocenters. The van der Waals surface area contributed by atoms with E-state index < -0.39 is 0 Å². The quantitative estimate of drug-likeness (QED) is 0.146. The summed E-state index contributed by atoms with van der Waals surface area (Å²) in [5.74, 6) is 3.30. The van der Waals surface area contributed by atoms with Gasteiger partial charge in [0.1, 0.15) is 5.76 Å². The highest BCUT2D eigenvalue weighted by Gasteiger charge is 2.05. The van der Waals surface area contributed by atoms with Crippen molar-refractivity contribution in [3.8, 4) is 11.5 Å². The van der Waals surface area contributed by atoms with E-state index in [1.807, 2.05) is 37.3 Å². The number of benzene rings is 1. The lowest BCUT2D eigenvalue weighted by molar-refractivity contribution is 0.310. The highest BCUT2D eigenvalue weighted by Crippen LogP contribution is 2.28. The topological polar surface area (TPSA) is 68.0 Å². The van der Waals surface area contributed by atoms with Crippen molar-refractivity contribution in [2.24, 2.45) is 4.99 Å². The van der Waals surface area contributed by atoms with Gasteiger partial charge in [-0.05, 0) is 49.6 Å². The molecule has 7 heteroatoms. The van der Waals surface area contributed by atoms with Crippen LogP contribution in [0.3, 0.4) is 0 Å². The van der Waals surface area contributed by atoms with E-state index in [4.69, 9.17) is 13.9 Å². The number of furan rings is 1. The monoisotopic (exact) mass is 513 g/mol. The summed E-state index contributed by atoms with van der Waals surface area (Å²) in [5, 5.41) is 6.57. The Morgan fingerprint density at radius 3 is 2.76 bits per heavy atom. The first-order valence-electron chi connectivity index (χ1n) is 9.72. The van der Waals surface area contributed by atoms with Gasteiger partial charge in [-0.3, -0.25) is 4.99 Å². The molecule has 1 aromatic carbocycles. The van der Waals surface area contributed by atoms with Crippen LogP contribution in [0.15, 0.2) is 58.7 Å². The van der Waals surface area contributed by atoms with Gasteiger partial charge in [0.25, 0.3) is 0 Å². The molecule has 0 amide bonds. The molecule has 2 aromatic rings. The van der Waals surface area contributed by atoms with Gasteiger partial charge in [0, 0.05) is 26.1 Å². The predicted octanol–water partition coefficient (Wildman–Crippen LogP) is 4.20. The summed E-state index contributed by atoms with van der Waals surface area (Å²) < 4.78 is 16.3. The van der Waals surface area contributed by atoms with E-state index in [0.717, 1.165) is 55.6 Å². The van der Waals surface area contributed by atoms with Crippen LogP contribution >= 0.6 is 24.0 Å². The Morgan fingerprint density at radius 1 is 1.21 bits per heavy atom. The molecule has 0 unspecified atom stereocenters. The molecule has 0 aliphatic rings. The number of guanidine groups is 1. The van der Waals surface area contributed by atoms with Crippen LogP contribution in [0, 0.1) is 0 Å². The van der Waals surface area contributed by atoms with E-state index in [9.17, 15) is 0 Å². The molecule has 0 saturated heterocycles. The first kappa shape index (κ1) is 24.9. The fourth-order valence-electron chi connectivity index (χ4n) is 2.72. The van der Waals surface area contributed by atoms with Crippen LogP contribution in [-0.2, 0) is 12.8 Å². The highest BCUT2D eigenvalue weighted by atomic mass is 127. The number of rotatable bonds is 12. The van der Waals surface area contributed by atoms with Crippen molar-refractivity contribution in [3.63, 3.8) is 0 Å². The van der Waals surface area contributed by atoms with E-state index >= 15 is 0 Å². The number of methoxy groups -OCH3 is 1. The molecule has 0 aliphatic heterocycles. The SMILES string of the molecule is C=CCNC(=NCCCc1ccc(OC)c(OCC)c1)NCCc1ccco1.I. The Morgan fingerprint density at radius 2 is 2.07 bits per heavy atom. The van der Waals surface area contributed by atoms with Gasteiger partial charge in [-0.2, -0.15) is 0 Å². The maximum atomic E-state index is 5.64. The van der Waals surface area contributed by atoms with Crippen molar-refractivity contribution in [2.45, 2.75) is 26.2 Å². The molecule has 0 bridgehead atoms. The molecule has 0 radical (unpaired) electrons. The van der Waals surface area contributed by atoms with Gasteiger partial charge in [-0.25, -0.2) is 0 Å². The molecule has 1 heterocycles. The van der Waals surface area contributed by atoms with Crippen LogP contribution in [0.4, 0.5) is 0 Å². The first-order chi connectivity index (χ1) is 13.8. The van der Waals surface area contributed by atoms with Gasteiger partial charge in [-0.15, -0.1) is 30.6 Å². The Bertz CT molecular complexity index is 733. The summed E-state index contributed by atoms with van der Waals surface area (Å²) in [4.78, 5) is 4.65. The number of nitrogens with one attached hydrogen (secondary N) is 2. The van der Waals surface area contributed by atoms with Gasteiger partial charge in [-0.1, -0.05) is 12.1 Å². The summed E-state index contributed by atoms with van der Waals surface area (Å²) >= 11 is 0. The minimum absolute atomic E-state index is 0. The number of hydrogen-bond acceptors (Lipinski definition) is 4. The molecule has 29 heavy (non-hydrogen) atoms. The van der Waals surface area contributed by atoms with Crippen molar-refractivity contribution in [1.29, 1.82) is 0 Å². The summed E-state index contributed by atoms with van der Waals surface area (Å²) in [6, 6.07) is 9.95. The largest absolute Gasteiger partial charge is 0.493 e. The zero-order chi connectivity index (χ0) is 20.0. The van der Waals surface area contributed by atoms with E-state index in [1.165, 1.54) is 5.56 Å². The standard InChI is InChI=1S/C22H31N3O3.HI/c1-4-13-23-22(25-15-12-19-9-7-16-28-19)24-14-6-8-18-10-11-20(26-3)21(17-18)27-5-2;/h4,7,9-11,16-17H,1,5-6,8,12-15H2,2-3H3,(H2,23,24,25);1H. The van der Waals surface area contributed by atoms with Gasteiger partial charge in [0.05, 0.1) is 20.0 Å². The Balaban J connectivity index is 0.00000420. The van der Waals surface area contributed by atoms with Crippen LogP contribution in [-0.4, -0.2) is 39.3 Å². The minimum Gasteiger partial charge on any atom is -0.493 e. The lowest BCUT2D eigenvalue weighted by atomic mass is 10.1. The van der Waals surface area contributed by atoms with Crippen molar-refractivity contribution < 1.29 is 13.9 Å². The van der Waals surface area contributed by atoms with Crippen molar-refractivity contribution >= 4 is 29.9 Å². The smallest absolute Gasteiger partial charge is 0.191 e. The minimum atomic E-state index is 0. The van der Waals surface area contributed by atoms with Crippen molar-refractivity contribution in [1.82, 2.24) is 10.6 Å². The number of hydrogen-bond donors (Lipinski definition) is 2. The second kappa shape index (κ2) is 14.8. The Kier molecular flexibility index (Phi) is 12.7. The molecule has 6 nitrogen and oxygen atoms in total. The molecule has 2 N–H and O–H groups in total. The number of aryl methyl sites for hydroxylation is 1. The molecule has 0 saturated carbocycles. The molecule has 0 fully saturated rings. The lowest BCUT2D eigenvalue weighted by Gasteiger charge is -2.12. The lowest BCUT2D eigenvalue weighted by Crippen LogP contribution is -2.38. The number of ether oxygens (including phenoxy) is 2. The molecular weight excluding hydrogens is 481 g/mol. The molecule has 0 aliphatic carbocycles. The predicted molar refractivity (Wildman–Crippen MR) is 129 cm³/mol. The second-order valence-corrected chi connectivity index (χ2v) is 6.18. The maximum Gasteiger partial charge on any atom is 0.191 e. The third kappa shape index (κ3) is 9.25. The van der Waals surface area contributed by atoms with E-state index in [-0.39, 0.29) is 24.0 Å². The van der Waals surface area contributed by atoms with Crippen molar-refractivity contribution in [3.05, 3.63) is 60.6 Å². The summed E-state index contributed by atoms with van der Waals surface area (Å²) in [6.45, 7) is 8.48. The second-order valence-electron chi connectivity index (χ2n) is 6.18. The number of nitrogens with zero attached hydrogens (tertiary/aromatic N) is 1. The number of aliphatic imine (C=N–C) groups is 1. The van der Waals surface area contributed by atoms with Crippen LogP contribution < -0.4 is 20.1 Å². The normalized spacial score (nSPS) is 10.8. The fraction of sp³-hybridized carbons (Fsp3) is 0.409. The van der Waals surface area contributed by atoms with Crippen LogP contribution in [0.2, 0.25) is 0 Å². The van der Waals surface area contributed by atoms with E-state index in [0.29, 0.717) is 13.2 Å². The molecule has 160 valence electrons. The zero-order valence-electron chi connectivity index (χ0n) is 17.3. The van der Waals surface area contributed by atoms with Crippen LogP contribution in [0.25, 0.3) is 0 Å². The number of halogens is 1. The van der Waals surface area contributed by atoms with Gasteiger partial charge >= 0.3 is 0 Å². The van der Waals surface area contributed by atoms with Crippen molar-refractivity contribution in [2.75, 3.05) is 33.4 Å². The van der Waals surface area contributed by atoms with E-state index in [1.54, 1.807) is 13.4 Å². The fourth-order valence-corrected chi connectivity index (χ4v) is 2.72. The third-order valence-electron chi connectivity index (χ3n) is 4.08. The molecule has 1 aromatic heterocycles. The summed E-state index contributed by atoms with van der Waals surface area (Å²) in [7, 11) is 1.66. The summed E-state index contributed by atoms with van der Waals surface area (Å²) in [5.41, 5.74) is 1.21. The molecule has 2 rings (SSSR count). The van der Waals surface area contributed by atoms with Crippen LogP contribution in [0.5, 0.6) is 11.5 Å². The summed E-state index contributed by atoms with van der Waals surface area (Å²) in [6.07, 6.45) is 6.19. The van der Waals surface area contributed by atoms with Gasteiger partial charge in [0.2, 0.25) is 0 Å². The highest BCUT2D eigenvalue weighted by molar-refractivity contribution is 14.0. The average molecular weight is 513 g/mol. The average Bonchev–Trinajstić information content (AvgIpc) is 3.23. The first-order valence-corrected chi connectivity index (χ1v) is 9.72. The molecule has 0 spiro atoms. The molecular formula is C22H32IN3O3. The Hall–Kier alpha value is -2.16. The maximum absolute atomic E-state index is 5.64. The van der Waals surface area contributed by atoms with Gasteiger partial charge in [0.15, 0.2) is 17.5 Å². The zero-order valence-corrected chi connectivity index (χ0v) is 19.6. The third-order valence-corrected chi connectivity index (χ3v) is 4.08. The van der Waals surface area contributed by atoms with Crippen LogP contribution in [0.1, 0.15) is 24.7 Å². The van der Waals surface area contributed by atoms with E-state index in [2.05, 4.69) is 28.3 Å². The Labute approximate surface area is 190 Å². The van der Waals surface area contributed by atoms with Gasteiger partial charge < -0.3 is 24.5 Å².